The van der Waals surface area contributed by atoms with Gasteiger partial charge in [-0.05, 0) is 31.0 Å². The molecule has 0 amide bonds. The molecule has 1 aliphatic rings. The first-order valence-electron chi connectivity index (χ1n) is 6.80. The third-order valence-corrected chi connectivity index (χ3v) is 3.67. The van der Waals surface area contributed by atoms with Crippen LogP contribution in [-0.2, 0) is 6.54 Å². The number of aromatic hydroxyl groups is 2. The van der Waals surface area contributed by atoms with Gasteiger partial charge in [0.15, 0.2) is 18.0 Å². The Morgan fingerprint density at radius 3 is 2.68 bits per heavy atom. The van der Waals surface area contributed by atoms with Crippen LogP contribution >= 0.6 is 0 Å². The molecule has 1 fully saturated rings. The number of hydrogen-bond acceptors (Lipinski definition) is 5. The van der Waals surface area contributed by atoms with Crippen molar-refractivity contribution < 1.29 is 10.2 Å². The maximum absolute atomic E-state index is 9.47. The van der Waals surface area contributed by atoms with Crippen LogP contribution in [0.5, 0.6) is 11.5 Å². The number of nitrogens with two attached hydrogens (primary N) is 1. The number of rotatable bonds is 4. The molecule has 0 heterocycles. The van der Waals surface area contributed by atoms with Crippen LogP contribution in [0.3, 0.4) is 0 Å². The first-order valence-corrected chi connectivity index (χ1v) is 6.80. The molecule has 1 aliphatic carbocycles. The highest BCUT2D eigenvalue weighted by Crippen LogP contribution is 2.25. The summed E-state index contributed by atoms with van der Waals surface area (Å²) < 4.78 is 0. The second-order valence-corrected chi connectivity index (χ2v) is 5.36. The lowest BCUT2D eigenvalue weighted by molar-refractivity contribution is 0.232. The van der Waals surface area contributed by atoms with E-state index in [-0.39, 0.29) is 17.5 Å². The molecule has 1 saturated carbocycles. The van der Waals surface area contributed by atoms with Gasteiger partial charge in [0.05, 0.1) is 6.04 Å². The summed E-state index contributed by atoms with van der Waals surface area (Å²) >= 11 is 0. The molecular formula is C14H23N3O2+. The highest BCUT2D eigenvalue weighted by molar-refractivity contribution is 5.40. The fourth-order valence-electron chi connectivity index (χ4n) is 2.59. The van der Waals surface area contributed by atoms with Crippen LogP contribution in [0.25, 0.3) is 0 Å². The molecule has 2 rings (SSSR count). The SMILES string of the molecule is C[N+](Cc1ccc(O)c(O)c1)NC1CCCCC1N. The van der Waals surface area contributed by atoms with Crippen molar-refractivity contribution >= 4 is 0 Å². The molecule has 1 radical (unpaired) electrons. The Morgan fingerprint density at radius 2 is 2.00 bits per heavy atom. The normalized spacial score (nSPS) is 23.7. The molecule has 5 N–H and O–H groups in total. The van der Waals surface area contributed by atoms with Crippen molar-refractivity contribution in [2.75, 3.05) is 7.05 Å². The van der Waals surface area contributed by atoms with Crippen LogP contribution in [0.4, 0.5) is 0 Å². The molecule has 1 aromatic rings. The summed E-state index contributed by atoms with van der Waals surface area (Å²) in [7, 11) is 1.96. The minimum atomic E-state index is -0.0892. The maximum Gasteiger partial charge on any atom is 0.169 e. The number of nitrogens with zero attached hydrogens (tertiary/aromatic N) is 1. The predicted octanol–water partition coefficient (Wildman–Crippen LogP) is 1.14. The Kier molecular flexibility index (Phi) is 4.63. The van der Waals surface area contributed by atoms with Gasteiger partial charge in [0.1, 0.15) is 7.05 Å². The average Bonchev–Trinajstić information content (AvgIpc) is 2.37. The van der Waals surface area contributed by atoms with Crippen molar-refractivity contribution in [1.82, 2.24) is 10.4 Å². The summed E-state index contributed by atoms with van der Waals surface area (Å²) in [6.07, 6.45) is 4.62. The zero-order chi connectivity index (χ0) is 13.8. The lowest BCUT2D eigenvalue weighted by atomic mass is 9.91. The quantitative estimate of drug-likeness (QED) is 0.374. The average molecular weight is 265 g/mol. The Hall–Kier alpha value is -1.30. The number of phenols is 2. The number of benzene rings is 1. The van der Waals surface area contributed by atoms with Crippen LogP contribution < -0.4 is 16.2 Å². The summed E-state index contributed by atoms with van der Waals surface area (Å²) in [4.78, 5) is 0. The van der Waals surface area contributed by atoms with Gasteiger partial charge in [0, 0.05) is 11.6 Å². The van der Waals surface area contributed by atoms with Gasteiger partial charge in [-0.15, -0.1) is 5.43 Å². The summed E-state index contributed by atoms with van der Waals surface area (Å²) in [6, 6.07) is 5.42. The van der Waals surface area contributed by atoms with Crippen molar-refractivity contribution in [3.05, 3.63) is 23.8 Å². The second kappa shape index (κ2) is 6.23. The van der Waals surface area contributed by atoms with Crippen LogP contribution in [-0.4, -0.2) is 29.3 Å². The molecule has 5 nitrogen and oxygen atoms in total. The summed E-state index contributed by atoms with van der Waals surface area (Å²) in [6.45, 7) is 0.650. The number of hydrogen-bond donors (Lipinski definition) is 4. The molecule has 19 heavy (non-hydrogen) atoms. The van der Waals surface area contributed by atoms with Gasteiger partial charge in [-0.1, -0.05) is 17.9 Å². The topological polar surface area (TPSA) is 84.4 Å². The molecule has 0 saturated heterocycles. The molecule has 2 unspecified atom stereocenters. The smallest absolute Gasteiger partial charge is 0.169 e. The Balaban J connectivity index is 1.89. The number of phenolic OH excluding ortho intramolecular Hbond substituents is 2. The van der Waals surface area contributed by atoms with Gasteiger partial charge in [-0.25, -0.2) is 0 Å². The minimum Gasteiger partial charge on any atom is -0.504 e. The van der Waals surface area contributed by atoms with Crippen molar-refractivity contribution in [2.24, 2.45) is 5.73 Å². The molecule has 0 aromatic heterocycles. The van der Waals surface area contributed by atoms with E-state index in [1.165, 1.54) is 18.9 Å². The standard InChI is InChI=1S/C14H23N3O2/c1-17(16-12-5-3-2-4-11(12)15)9-10-6-7-13(18)14(19)8-10/h6-8,11-12,16,18-19H,2-5,9,15H2,1H3/q+1. The van der Waals surface area contributed by atoms with Gasteiger partial charge < -0.3 is 15.9 Å². The number of hydrazine groups is 1. The Morgan fingerprint density at radius 1 is 1.26 bits per heavy atom. The summed E-state index contributed by atoms with van der Waals surface area (Å²) in [5.41, 5.74) is 10.5. The summed E-state index contributed by atoms with van der Waals surface area (Å²) in [5.74, 6) is -0.172. The van der Waals surface area contributed by atoms with E-state index in [9.17, 15) is 10.2 Å². The molecular weight excluding hydrogens is 242 g/mol. The largest absolute Gasteiger partial charge is 0.504 e. The Bertz CT molecular complexity index is 425. The van der Waals surface area contributed by atoms with Crippen LogP contribution in [0.1, 0.15) is 31.2 Å². The Labute approximate surface area is 114 Å². The lowest BCUT2D eigenvalue weighted by Crippen LogP contribution is -2.54. The highest BCUT2D eigenvalue weighted by Gasteiger charge is 2.26. The van der Waals surface area contributed by atoms with E-state index in [4.69, 9.17) is 5.73 Å². The van der Waals surface area contributed by atoms with E-state index in [1.807, 2.05) is 12.1 Å². The van der Waals surface area contributed by atoms with E-state index in [0.717, 1.165) is 18.4 Å². The van der Waals surface area contributed by atoms with E-state index < -0.39 is 0 Å². The maximum atomic E-state index is 9.47. The lowest BCUT2D eigenvalue weighted by Gasteiger charge is -2.28. The van der Waals surface area contributed by atoms with Gasteiger partial charge in [-0.2, -0.15) is 0 Å². The van der Waals surface area contributed by atoms with E-state index in [2.05, 4.69) is 5.43 Å². The van der Waals surface area contributed by atoms with Crippen LogP contribution in [0.2, 0.25) is 0 Å². The van der Waals surface area contributed by atoms with Crippen molar-refractivity contribution in [2.45, 2.75) is 44.3 Å². The molecule has 0 bridgehead atoms. The second-order valence-electron chi connectivity index (χ2n) is 5.36. The molecule has 5 heteroatoms. The van der Waals surface area contributed by atoms with Crippen LogP contribution in [0, 0.1) is 0 Å². The molecule has 0 aliphatic heterocycles. The van der Waals surface area contributed by atoms with Crippen molar-refractivity contribution in [1.29, 1.82) is 0 Å². The number of nitrogens with one attached hydrogen (secondary N) is 1. The monoisotopic (exact) mass is 265 g/mol. The minimum absolute atomic E-state index is 0.0831. The molecule has 0 spiro atoms. The van der Waals surface area contributed by atoms with Crippen LogP contribution in [0.15, 0.2) is 18.2 Å². The fraction of sp³-hybridized carbons (Fsp3) is 0.571. The van der Waals surface area contributed by atoms with Gasteiger partial charge in [-0.3, -0.25) is 0 Å². The third kappa shape index (κ3) is 3.83. The summed E-state index contributed by atoms with van der Waals surface area (Å²) in [5, 5.41) is 20.7. The van der Waals surface area contributed by atoms with Gasteiger partial charge >= 0.3 is 0 Å². The first kappa shape index (κ1) is 14.1. The third-order valence-electron chi connectivity index (χ3n) is 3.67. The molecule has 105 valence electrons. The first-order chi connectivity index (χ1) is 9.06. The zero-order valence-corrected chi connectivity index (χ0v) is 11.3. The predicted molar refractivity (Wildman–Crippen MR) is 74.9 cm³/mol. The van der Waals surface area contributed by atoms with E-state index >= 15 is 0 Å². The fourth-order valence-corrected chi connectivity index (χ4v) is 2.59. The molecule has 2 atom stereocenters. The van der Waals surface area contributed by atoms with E-state index in [1.54, 1.807) is 12.1 Å². The highest BCUT2D eigenvalue weighted by atomic mass is 16.3. The van der Waals surface area contributed by atoms with Crippen molar-refractivity contribution in [3.63, 3.8) is 0 Å². The zero-order valence-electron chi connectivity index (χ0n) is 11.3. The van der Waals surface area contributed by atoms with Gasteiger partial charge in [0.25, 0.3) is 0 Å². The molecule has 1 aromatic carbocycles. The van der Waals surface area contributed by atoms with E-state index in [0.29, 0.717) is 12.6 Å². The van der Waals surface area contributed by atoms with Gasteiger partial charge in [0.2, 0.25) is 0 Å². The van der Waals surface area contributed by atoms with Crippen molar-refractivity contribution in [3.8, 4) is 11.5 Å².